The number of fused-ring (bicyclic) bond motifs is 1. The molecule has 0 aliphatic heterocycles. The minimum Gasteiger partial charge on any atom is -0.395 e. The van der Waals surface area contributed by atoms with Gasteiger partial charge < -0.3 is 15.4 Å². The van der Waals surface area contributed by atoms with Crippen molar-refractivity contribution >= 4 is 0 Å². The molecule has 3 aromatic rings. The van der Waals surface area contributed by atoms with E-state index in [-0.39, 0.29) is 18.1 Å². The molecule has 1 aromatic carbocycles. The van der Waals surface area contributed by atoms with E-state index in [4.69, 9.17) is 15.4 Å². The van der Waals surface area contributed by atoms with Gasteiger partial charge in [0, 0.05) is 29.9 Å². The molecule has 2 aromatic heterocycles. The molecule has 0 amide bonds. The van der Waals surface area contributed by atoms with Crippen LogP contribution in [0.5, 0.6) is 0 Å². The Hall–Kier alpha value is -2.51. The fourth-order valence-electron chi connectivity index (χ4n) is 4.47. The maximum absolute atomic E-state index is 9.27. The van der Waals surface area contributed by atoms with E-state index in [0.29, 0.717) is 18.1 Å². The van der Waals surface area contributed by atoms with Gasteiger partial charge in [-0.25, -0.2) is 0 Å². The second-order valence-corrected chi connectivity index (χ2v) is 9.40. The topological polar surface area (TPSA) is 103 Å². The molecule has 0 radical (unpaired) electrons. The van der Waals surface area contributed by atoms with Crippen LogP contribution in [-0.2, 0) is 26.3 Å². The lowest BCUT2D eigenvalue weighted by Crippen LogP contribution is -2.27. The molecule has 1 atom stereocenters. The first-order valence-electron chi connectivity index (χ1n) is 10.5. The van der Waals surface area contributed by atoms with Crippen LogP contribution in [0.4, 0.5) is 0 Å². The normalized spacial score (nSPS) is 16.5. The molecule has 0 spiro atoms. The van der Waals surface area contributed by atoms with Crippen LogP contribution in [0.15, 0.2) is 16.7 Å². The second kappa shape index (κ2) is 7.63. The largest absolute Gasteiger partial charge is 0.395 e. The SMILES string of the molecule is Cc1cc(-c2noc(-c3nn(C)c4c3CCC(C)(C)C4)n2)cc(C)c1CC(N)CO. The van der Waals surface area contributed by atoms with Crippen LogP contribution in [0.3, 0.4) is 0 Å². The molecule has 4 rings (SSSR count). The predicted molar refractivity (Wildman–Crippen MR) is 116 cm³/mol. The Morgan fingerprint density at radius 1 is 1.27 bits per heavy atom. The summed E-state index contributed by atoms with van der Waals surface area (Å²) in [5, 5.41) is 18.2. The molecule has 7 heteroatoms. The van der Waals surface area contributed by atoms with E-state index in [1.54, 1.807) is 0 Å². The van der Waals surface area contributed by atoms with Crippen molar-refractivity contribution in [1.29, 1.82) is 0 Å². The number of benzene rings is 1. The van der Waals surface area contributed by atoms with Crippen LogP contribution in [0.25, 0.3) is 23.0 Å². The minimum absolute atomic E-state index is 0.0274. The summed E-state index contributed by atoms with van der Waals surface area (Å²) in [7, 11) is 1.99. The van der Waals surface area contributed by atoms with Gasteiger partial charge in [-0.15, -0.1) is 0 Å². The van der Waals surface area contributed by atoms with Gasteiger partial charge in [-0.3, -0.25) is 4.68 Å². The van der Waals surface area contributed by atoms with Gasteiger partial charge in [0.15, 0.2) is 5.69 Å². The van der Waals surface area contributed by atoms with Crippen LogP contribution >= 0.6 is 0 Å². The fourth-order valence-corrected chi connectivity index (χ4v) is 4.47. The number of aromatic nitrogens is 4. The standard InChI is InChI=1S/C23H31N5O2/c1-13-8-15(9-14(2)18(13)10-16(24)12-29)21-25-22(30-27-21)20-17-6-7-23(3,4)11-19(17)28(5)26-20/h8-9,16,29H,6-7,10-12,24H2,1-5H3. The number of aryl methyl sites for hydroxylation is 3. The zero-order chi connectivity index (χ0) is 21.6. The molecule has 0 fully saturated rings. The maximum Gasteiger partial charge on any atom is 0.279 e. The van der Waals surface area contributed by atoms with Gasteiger partial charge in [0.25, 0.3) is 5.89 Å². The van der Waals surface area contributed by atoms with Crippen LogP contribution in [0, 0.1) is 19.3 Å². The van der Waals surface area contributed by atoms with E-state index < -0.39 is 0 Å². The molecule has 30 heavy (non-hydrogen) atoms. The Bertz CT molecular complexity index is 1060. The average molecular weight is 410 g/mol. The monoisotopic (exact) mass is 409 g/mol. The first-order valence-corrected chi connectivity index (χ1v) is 10.5. The Balaban J connectivity index is 1.66. The molecule has 160 valence electrons. The van der Waals surface area contributed by atoms with E-state index >= 15 is 0 Å². The number of rotatable bonds is 5. The number of nitrogens with zero attached hydrogens (tertiary/aromatic N) is 4. The lowest BCUT2D eigenvalue weighted by molar-refractivity contribution is 0.265. The second-order valence-electron chi connectivity index (χ2n) is 9.40. The van der Waals surface area contributed by atoms with Crippen molar-refractivity contribution < 1.29 is 9.63 Å². The number of hydrogen-bond donors (Lipinski definition) is 2. The number of aliphatic hydroxyl groups excluding tert-OH is 1. The number of hydrogen-bond acceptors (Lipinski definition) is 6. The molecular weight excluding hydrogens is 378 g/mol. The third-order valence-corrected chi connectivity index (χ3v) is 6.26. The highest BCUT2D eigenvalue weighted by atomic mass is 16.5. The molecule has 0 saturated carbocycles. The van der Waals surface area contributed by atoms with Gasteiger partial charge in [-0.05, 0) is 73.8 Å². The molecule has 7 nitrogen and oxygen atoms in total. The Morgan fingerprint density at radius 2 is 1.97 bits per heavy atom. The number of aliphatic hydroxyl groups is 1. The van der Waals surface area contributed by atoms with Crippen molar-refractivity contribution in [3.8, 4) is 23.0 Å². The van der Waals surface area contributed by atoms with Crippen LogP contribution < -0.4 is 5.73 Å². The summed E-state index contributed by atoms with van der Waals surface area (Å²) in [6, 6.07) is 3.85. The van der Waals surface area contributed by atoms with E-state index in [1.165, 1.54) is 11.3 Å². The smallest absolute Gasteiger partial charge is 0.279 e. The molecule has 1 unspecified atom stereocenters. The summed E-state index contributed by atoms with van der Waals surface area (Å²) >= 11 is 0. The predicted octanol–water partition coefficient (Wildman–Crippen LogP) is 3.13. The minimum atomic E-state index is -0.259. The van der Waals surface area contributed by atoms with Crippen molar-refractivity contribution in [3.05, 3.63) is 40.1 Å². The summed E-state index contributed by atoms with van der Waals surface area (Å²) in [5.74, 6) is 1.04. The highest BCUT2D eigenvalue weighted by Crippen LogP contribution is 2.38. The lowest BCUT2D eigenvalue weighted by atomic mass is 9.76. The Kier molecular flexibility index (Phi) is 5.28. The van der Waals surface area contributed by atoms with Gasteiger partial charge in [-0.2, -0.15) is 10.1 Å². The third-order valence-electron chi connectivity index (χ3n) is 6.26. The zero-order valence-corrected chi connectivity index (χ0v) is 18.5. The summed E-state index contributed by atoms with van der Waals surface area (Å²) in [5.41, 5.74) is 13.8. The summed E-state index contributed by atoms with van der Waals surface area (Å²) in [6.07, 6.45) is 3.74. The van der Waals surface area contributed by atoms with Gasteiger partial charge in [0.2, 0.25) is 5.82 Å². The quantitative estimate of drug-likeness (QED) is 0.671. The van der Waals surface area contributed by atoms with Crippen LogP contribution in [-0.4, -0.2) is 37.7 Å². The molecule has 0 bridgehead atoms. The third kappa shape index (κ3) is 3.79. The summed E-state index contributed by atoms with van der Waals surface area (Å²) in [4.78, 5) is 4.68. The van der Waals surface area contributed by atoms with Gasteiger partial charge in [0.1, 0.15) is 0 Å². The van der Waals surface area contributed by atoms with E-state index in [2.05, 4.69) is 36.1 Å². The number of nitrogens with two attached hydrogens (primary N) is 1. The average Bonchev–Trinajstić information content (AvgIpc) is 3.29. The van der Waals surface area contributed by atoms with Crippen molar-refractivity contribution in [2.75, 3.05) is 6.61 Å². The van der Waals surface area contributed by atoms with Crippen molar-refractivity contribution in [1.82, 2.24) is 19.9 Å². The van der Waals surface area contributed by atoms with Crippen molar-refractivity contribution in [2.24, 2.45) is 18.2 Å². The van der Waals surface area contributed by atoms with Crippen molar-refractivity contribution in [2.45, 2.75) is 59.4 Å². The van der Waals surface area contributed by atoms with E-state index in [1.807, 2.05) is 25.6 Å². The highest BCUT2D eigenvalue weighted by Gasteiger charge is 2.32. The first-order chi connectivity index (χ1) is 14.2. The van der Waals surface area contributed by atoms with E-state index in [0.717, 1.165) is 47.2 Å². The zero-order valence-electron chi connectivity index (χ0n) is 18.5. The molecule has 3 N–H and O–H groups in total. The first kappa shape index (κ1) is 20.8. The maximum atomic E-state index is 9.27. The lowest BCUT2D eigenvalue weighted by Gasteiger charge is -2.29. The molecule has 1 aliphatic carbocycles. The summed E-state index contributed by atoms with van der Waals surface area (Å²) in [6.45, 7) is 8.67. The molecule has 0 saturated heterocycles. The molecule has 2 heterocycles. The molecule has 1 aliphatic rings. The van der Waals surface area contributed by atoms with E-state index in [9.17, 15) is 5.11 Å². The Labute approximate surface area is 177 Å². The van der Waals surface area contributed by atoms with Crippen molar-refractivity contribution in [3.63, 3.8) is 0 Å². The summed E-state index contributed by atoms with van der Waals surface area (Å²) < 4.78 is 7.60. The van der Waals surface area contributed by atoms with Crippen LogP contribution in [0.1, 0.15) is 48.2 Å². The highest BCUT2D eigenvalue weighted by molar-refractivity contribution is 5.63. The van der Waals surface area contributed by atoms with Gasteiger partial charge in [0.05, 0.1) is 6.61 Å². The van der Waals surface area contributed by atoms with Gasteiger partial charge >= 0.3 is 0 Å². The van der Waals surface area contributed by atoms with Gasteiger partial charge in [-0.1, -0.05) is 19.0 Å². The Morgan fingerprint density at radius 3 is 2.63 bits per heavy atom. The van der Waals surface area contributed by atoms with Crippen LogP contribution in [0.2, 0.25) is 0 Å². The molecular formula is C23H31N5O2. The fraction of sp³-hybridized carbons (Fsp3) is 0.522.